The van der Waals surface area contributed by atoms with Crippen molar-refractivity contribution in [2.75, 3.05) is 13.2 Å². The van der Waals surface area contributed by atoms with E-state index in [1.165, 1.54) is 0 Å². The van der Waals surface area contributed by atoms with E-state index in [-0.39, 0.29) is 6.61 Å². The van der Waals surface area contributed by atoms with Crippen LogP contribution in [0.2, 0.25) is 0 Å². The molecule has 4 nitrogen and oxygen atoms in total. The molecule has 0 fully saturated rings. The van der Waals surface area contributed by atoms with Crippen LogP contribution in [0.1, 0.15) is 44.0 Å². The van der Waals surface area contributed by atoms with Crippen molar-refractivity contribution in [3.8, 4) is 11.5 Å². The zero-order chi connectivity index (χ0) is 14.3. The van der Waals surface area contributed by atoms with E-state index in [4.69, 9.17) is 9.47 Å². The number of hydrogen-bond acceptors (Lipinski definition) is 4. The van der Waals surface area contributed by atoms with E-state index in [1.54, 1.807) is 18.2 Å². The molecule has 0 aliphatic heterocycles. The van der Waals surface area contributed by atoms with Gasteiger partial charge in [0.15, 0.2) is 11.5 Å². The van der Waals surface area contributed by atoms with Crippen molar-refractivity contribution in [1.29, 1.82) is 0 Å². The SMILES string of the molecule is CCOc1cc(C=O)ccc1OCC(O)(CC)CC. The van der Waals surface area contributed by atoms with Crippen LogP contribution in [0.5, 0.6) is 11.5 Å². The Morgan fingerprint density at radius 3 is 2.37 bits per heavy atom. The minimum atomic E-state index is -0.827. The Kier molecular flexibility index (Phi) is 5.83. The summed E-state index contributed by atoms with van der Waals surface area (Å²) in [7, 11) is 0. The highest BCUT2D eigenvalue weighted by atomic mass is 16.5. The van der Waals surface area contributed by atoms with Gasteiger partial charge in [-0.25, -0.2) is 0 Å². The highest BCUT2D eigenvalue weighted by Crippen LogP contribution is 2.29. The predicted octanol–water partition coefficient (Wildman–Crippen LogP) is 2.83. The van der Waals surface area contributed by atoms with Crippen LogP contribution in [0, 0.1) is 0 Å². The van der Waals surface area contributed by atoms with Crippen molar-refractivity contribution in [2.45, 2.75) is 39.2 Å². The first-order chi connectivity index (χ1) is 9.08. The third kappa shape index (κ3) is 4.24. The third-order valence-corrected chi connectivity index (χ3v) is 3.22. The Morgan fingerprint density at radius 2 is 1.84 bits per heavy atom. The minimum absolute atomic E-state index is 0.209. The molecule has 0 bridgehead atoms. The number of carbonyl (C=O) groups excluding carboxylic acids is 1. The molecule has 0 aliphatic rings. The summed E-state index contributed by atoms with van der Waals surface area (Å²) in [6, 6.07) is 5.01. The van der Waals surface area contributed by atoms with Gasteiger partial charge in [-0.05, 0) is 38.0 Å². The summed E-state index contributed by atoms with van der Waals surface area (Å²) in [5, 5.41) is 10.2. The molecule has 19 heavy (non-hydrogen) atoms. The first kappa shape index (κ1) is 15.5. The fraction of sp³-hybridized carbons (Fsp3) is 0.533. The Balaban J connectivity index is 2.85. The molecule has 1 rings (SSSR count). The minimum Gasteiger partial charge on any atom is -0.490 e. The van der Waals surface area contributed by atoms with Gasteiger partial charge in [-0.15, -0.1) is 0 Å². The maximum Gasteiger partial charge on any atom is 0.161 e. The van der Waals surface area contributed by atoms with Gasteiger partial charge in [0.25, 0.3) is 0 Å². The van der Waals surface area contributed by atoms with Crippen LogP contribution < -0.4 is 9.47 Å². The number of benzene rings is 1. The fourth-order valence-corrected chi connectivity index (χ4v) is 1.65. The molecule has 0 spiro atoms. The van der Waals surface area contributed by atoms with E-state index in [9.17, 15) is 9.90 Å². The van der Waals surface area contributed by atoms with E-state index < -0.39 is 5.60 Å². The molecule has 1 aromatic rings. The van der Waals surface area contributed by atoms with Crippen molar-refractivity contribution in [3.05, 3.63) is 23.8 Å². The van der Waals surface area contributed by atoms with Crippen LogP contribution in [-0.2, 0) is 0 Å². The van der Waals surface area contributed by atoms with Crippen molar-refractivity contribution in [3.63, 3.8) is 0 Å². The van der Waals surface area contributed by atoms with Crippen molar-refractivity contribution < 1.29 is 19.4 Å². The average molecular weight is 266 g/mol. The lowest BCUT2D eigenvalue weighted by atomic mass is 9.99. The molecule has 0 aliphatic carbocycles. The van der Waals surface area contributed by atoms with Gasteiger partial charge in [0.05, 0.1) is 12.2 Å². The van der Waals surface area contributed by atoms with Crippen LogP contribution in [0.25, 0.3) is 0 Å². The first-order valence-electron chi connectivity index (χ1n) is 6.65. The number of aliphatic hydroxyl groups is 1. The van der Waals surface area contributed by atoms with E-state index in [2.05, 4.69) is 0 Å². The van der Waals surface area contributed by atoms with Gasteiger partial charge in [0.1, 0.15) is 12.9 Å². The summed E-state index contributed by atoms with van der Waals surface area (Å²) in [5.41, 5.74) is -0.288. The zero-order valence-electron chi connectivity index (χ0n) is 11.8. The lowest BCUT2D eigenvalue weighted by Crippen LogP contribution is -2.34. The van der Waals surface area contributed by atoms with E-state index in [1.807, 2.05) is 20.8 Å². The highest BCUT2D eigenvalue weighted by Gasteiger charge is 2.23. The highest BCUT2D eigenvalue weighted by molar-refractivity contribution is 5.76. The number of carbonyl (C=O) groups is 1. The van der Waals surface area contributed by atoms with Gasteiger partial charge in [0.2, 0.25) is 0 Å². The lowest BCUT2D eigenvalue weighted by Gasteiger charge is -2.25. The largest absolute Gasteiger partial charge is 0.490 e. The molecule has 0 amide bonds. The summed E-state index contributed by atoms with van der Waals surface area (Å²) >= 11 is 0. The topological polar surface area (TPSA) is 55.8 Å². The van der Waals surface area contributed by atoms with Crippen molar-refractivity contribution in [2.24, 2.45) is 0 Å². The molecule has 0 saturated carbocycles. The molecule has 0 saturated heterocycles. The second-order valence-electron chi connectivity index (χ2n) is 4.48. The Bertz CT molecular complexity index is 411. The second kappa shape index (κ2) is 7.14. The van der Waals surface area contributed by atoms with Gasteiger partial charge in [-0.3, -0.25) is 4.79 Å². The molecule has 0 atom stereocenters. The third-order valence-electron chi connectivity index (χ3n) is 3.22. The lowest BCUT2D eigenvalue weighted by molar-refractivity contribution is -0.0120. The van der Waals surface area contributed by atoms with Crippen LogP contribution >= 0.6 is 0 Å². The van der Waals surface area contributed by atoms with Gasteiger partial charge >= 0.3 is 0 Å². The monoisotopic (exact) mass is 266 g/mol. The molecule has 0 aromatic heterocycles. The summed E-state index contributed by atoms with van der Waals surface area (Å²) in [5.74, 6) is 1.08. The normalized spacial score (nSPS) is 11.2. The second-order valence-corrected chi connectivity index (χ2v) is 4.48. The average Bonchev–Trinajstić information content (AvgIpc) is 2.45. The summed E-state index contributed by atoms with van der Waals surface area (Å²) in [6.45, 7) is 6.41. The Labute approximate surface area is 114 Å². The van der Waals surface area contributed by atoms with E-state index in [0.29, 0.717) is 36.5 Å². The maximum atomic E-state index is 10.7. The number of rotatable bonds is 8. The standard InChI is InChI=1S/C15H22O4/c1-4-15(17,5-2)11-19-13-8-7-12(10-16)9-14(13)18-6-3/h7-10,17H,4-6,11H2,1-3H3. The molecule has 4 heteroatoms. The molecule has 0 radical (unpaired) electrons. The quantitative estimate of drug-likeness (QED) is 0.735. The Morgan fingerprint density at radius 1 is 1.16 bits per heavy atom. The van der Waals surface area contributed by atoms with Gasteiger partial charge in [-0.2, -0.15) is 0 Å². The molecule has 0 unspecified atom stereocenters. The summed E-state index contributed by atoms with van der Waals surface area (Å²) in [4.78, 5) is 10.7. The maximum absolute atomic E-state index is 10.7. The van der Waals surface area contributed by atoms with Crippen LogP contribution in [0.4, 0.5) is 0 Å². The number of ether oxygens (including phenoxy) is 2. The molecular weight excluding hydrogens is 244 g/mol. The van der Waals surface area contributed by atoms with Gasteiger partial charge in [0, 0.05) is 5.56 Å². The summed E-state index contributed by atoms with van der Waals surface area (Å²) < 4.78 is 11.1. The van der Waals surface area contributed by atoms with Crippen molar-refractivity contribution >= 4 is 6.29 Å². The van der Waals surface area contributed by atoms with E-state index >= 15 is 0 Å². The van der Waals surface area contributed by atoms with Gasteiger partial charge in [-0.1, -0.05) is 13.8 Å². The van der Waals surface area contributed by atoms with E-state index in [0.717, 1.165) is 6.29 Å². The molecule has 106 valence electrons. The van der Waals surface area contributed by atoms with Crippen molar-refractivity contribution in [1.82, 2.24) is 0 Å². The molecule has 1 N–H and O–H groups in total. The number of aldehydes is 1. The fourth-order valence-electron chi connectivity index (χ4n) is 1.65. The van der Waals surface area contributed by atoms with Crippen LogP contribution in [0.15, 0.2) is 18.2 Å². The Hall–Kier alpha value is -1.55. The summed E-state index contributed by atoms with van der Waals surface area (Å²) in [6.07, 6.45) is 2.01. The first-order valence-corrected chi connectivity index (χ1v) is 6.65. The predicted molar refractivity (Wildman–Crippen MR) is 74.0 cm³/mol. The van der Waals surface area contributed by atoms with Crippen LogP contribution in [-0.4, -0.2) is 30.2 Å². The van der Waals surface area contributed by atoms with Gasteiger partial charge < -0.3 is 14.6 Å². The van der Waals surface area contributed by atoms with Crippen LogP contribution in [0.3, 0.4) is 0 Å². The molecule has 1 aromatic carbocycles. The number of hydrogen-bond donors (Lipinski definition) is 1. The smallest absolute Gasteiger partial charge is 0.161 e. The molecular formula is C15H22O4. The zero-order valence-corrected chi connectivity index (χ0v) is 11.8. The molecule has 0 heterocycles.